The van der Waals surface area contributed by atoms with Gasteiger partial charge in [-0.3, -0.25) is 4.79 Å². The molecular formula is C14H17N3O3S. The molecule has 1 unspecified atom stereocenters. The fourth-order valence-electron chi connectivity index (χ4n) is 2.46. The third kappa shape index (κ3) is 2.77. The molecule has 21 heavy (non-hydrogen) atoms. The molecule has 0 spiro atoms. The van der Waals surface area contributed by atoms with Crippen LogP contribution in [-0.4, -0.2) is 38.8 Å². The Balaban J connectivity index is 2.25. The second kappa shape index (κ2) is 5.47. The molecule has 1 saturated heterocycles. The molecule has 0 bridgehead atoms. The molecule has 1 aliphatic heterocycles. The van der Waals surface area contributed by atoms with Crippen molar-refractivity contribution in [2.24, 2.45) is 5.41 Å². The monoisotopic (exact) mass is 307 g/mol. The summed E-state index contributed by atoms with van der Waals surface area (Å²) in [5.74, 6) is -0.153. The van der Waals surface area contributed by atoms with Crippen molar-refractivity contribution in [3.05, 3.63) is 29.8 Å². The summed E-state index contributed by atoms with van der Waals surface area (Å²) in [6, 6.07) is 7.74. The fourth-order valence-corrected chi connectivity index (χ4v) is 4.03. The van der Waals surface area contributed by atoms with E-state index in [4.69, 9.17) is 5.26 Å². The van der Waals surface area contributed by atoms with E-state index >= 15 is 0 Å². The summed E-state index contributed by atoms with van der Waals surface area (Å²) in [5, 5.41) is 11.3. The lowest BCUT2D eigenvalue weighted by atomic mass is 9.89. The van der Waals surface area contributed by atoms with E-state index in [0.717, 1.165) is 0 Å². The number of benzene rings is 1. The van der Waals surface area contributed by atoms with Crippen LogP contribution in [0, 0.1) is 16.7 Å². The third-order valence-corrected chi connectivity index (χ3v) is 5.69. The zero-order chi connectivity index (χ0) is 15.7. The van der Waals surface area contributed by atoms with Crippen LogP contribution in [0.4, 0.5) is 0 Å². The second-order valence-electron chi connectivity index (χ2n) is 5.36. The number of carbonyl (C=O) groups excluding carboxylic acids is 1. The molecule has 1 aromatic rings. The van der Waals surface area contributed by atoms with E-state index in [2.05, 4.69) is 5.32 Å². The normalized spacial score (nSPS) is 22.7. The van der Waals surface area contributed by atoms with Crippen LogP contribution in [0.3, 0.4) is 0 Å². The van der Waals surface area contributed by atoms with E-state index in [1.807, 2.05) is 6.07 Å². The Morgan fingerprint density at radius 2 is 2.00 bits per heavy atom. The smallest absolute Gasteiger partial charge is 0.243 e. The van der Waals surface area contributed by atoms with Gasteiger partial charge in [0.05, 0.1) is 21.9 Å². The summed E-state index contributed by atoms with van der Waals surface area (Å²) >= 11 is 0. The molecule has 0 radical (unpaired) electrons. The molecule has 1 amide bonds. The SMILES string of the molecule is CNC(=O)C1(C)CCN(S(=O)(=O)c2ccc(C#N)cc2)C1. The van der Waals surface area contributed by atoms with Gasteiger partial charge in [0.15, 0.2) is 0 Å². The topological polar surface area (TPSA) is 90.3 Å². The summed E-state index contributed by atoms with van der Waals surface area (Å²) in [7, 11) is -2.09. The van der Waals surface area contributed by atoms with Gasteiger partial charge < -0.3 is 5.32 Å². The van der Waals surface area contributed by atoms with Crippen molar-refractivity contribution in [3.8, 4) is 6.07 Å². The first kappa shape index (κ1) is 15.5. The van der Waals surface area contributed by atoms with Crippen molar-refractivity contribution >= 4 is 15.9 Å². The zero-order valence-corrected chi connectivity index (χ0v) is 12.8. The number of amides is 1. The number of sulfonamides is 1. The molecule has 6 nitrogen and oxygen atoms in total. The minimum atomic E-state index is -3.63. The molecule has 1 heterocycles. The number of carbonyl (C=O) groups is 1. The maximum Gasteiger partial charge on any atom is 0.243 e. The van der Waals surface area contributed by atoms with E-state index in [-0.39, 0.29) is 17.3 Å². The number of nitrogens with one attached hydrogen (secondary N) is 1. The van der Waals surface area contributed by atoms with Crippen molar-refractivity contribution in [3.63, 3.8) is 0 Å². The van der Waals surface area contributed by atoms with Gasteiger partial charge in [-0.25, -0.2) is 8.42 Å². The van der Waals surface area contributed by atoms with Gasteiger partial charge in [-0.15, -0.1) is 0 Å². The molecule has 2 rings (SSSR count). The van der Waals surface area contributed by atoms with Crippen molar-refractivity contribution in [2.45, 2.75) is 18.2 Å². The second-order valence-corrected chi connectivity index (χ2v) is 7.30. The van der Waals surface area contributed by atoms with Crippen molar-refractivity contribution in [1.82, 2.24) is 9.62 Å². The van der Waals surface area contributed by atoms with Crippen molar-refractivity contribution in [1.29, 1.82) is 5.26 Å². The molecule has 0 saturated carbocycles. The lowest BCUT2D eigenvalue weighted by molar-refractivity contribution is -0.128. The van der Waals surface area contributed by atoms with Gasteiger partial charge >= 0.3 is 0 Å². The van der Waals surface area contributed by atoms with Gasteiger partial charge in [-0.1, -0.05) is 0 Å². The number of nitrogens with zero attached hydrogens (tertiary/aromatic N) is 2. The van der Waals surface area contributed by atoms with Crippen LogP contribution in [0.15, 0.2) is 29.2 Å². The Kier molecular flexibility index (Phi) is 4.03. The van der Waals surface area contributed by atoms with Crippen molar-refractivity contribution < 1.29 is 13.2 Å². The highest BCUT2D eigenvalue weighted by Gasteiger charge is 2.44. The largest absolute Gasteiger partial charge is 0.359 e. The Bertz CT molecular complexity index is 691. The average Bonchev–Trinajstić information content (AvgIpc) is 2.91. The van der Waals surface area contributed by atoms with Gasteiger partial charge in [-0.05, 0) is 37.6 Å². The molecule has 7 heteroatoms. The van der Waals surface area contributed by atoms with E-state index in [1.54, 1.807) is 14.0 Å². The highest BCUT2D eigenvalue weighted by Crippen LogP contribution is 2.33. The Hall–Kier alpha value is -1.91. The lowest BCUT2D eigenvalue weighted by Gasteiger charge is -2.22. The maximum absolute atomic E-state index is 12.5. The molecule has 0 aliphatic carbocycles. The highest BCUT2D eigenvalue weighted by molar-refractivity contribution is 7.89. The lowest BCUT2D eigenvalue weighted by Crippen LogP contribution is -2.40. The maximum atomic E-state index is 12.5. The van der Waals surface area contributed by atoms with Crippen LogP contribution in [0.5, 0.6) is 0 Å². The van der Waals surface area contributed by atoms with Crippen LogP contribution >= 0.6 is 0 Å². The number of nitriles is 1. The predicted molar refractivity (Wildman–Crippen MR) is 76.7 cm³/mol. The summed E-state index contributed by atoms with van der Waals surface area (Å²) in [4.78, 5) is 12.0. The van der Waals surface area contributed by atoms with E-state index in [1.165, 1.54) is 28.6 Å². The number of hydrogen-bond acceptors (Lipinski definition) is 4. The van der Waals surface area contributed by atoms with Crippen LogP contribution in [-0.2, 0) is 14.8 Å². The summed E-state index contributed by atoms with van der Waals surface area (Å²) in [6.45, 7) is 2.24. The number of hydrogen-bond donors (Lipinski definition) is 1. The van der Waals surface area contributed by atoms with Gasteiger partial charge in [0.2, 0.25) is 15.9 Å². The van der Waals surface area contributed by atoms with Crippen LogP contribution in [0.1, 0.15) is 18.9 Å². The molecule has 112 valence electrons. The summed E-state index contributed by atoms with van der Waals surface area (Å²) < 4.78 is 26.4. The summed E-state index contributed by atoms with van der Waals surface area (Å²) in [5.41, 5.74) is -0.292. The number of rotatable bonds is 3. The van der Waals surface area contributed by atoms with E-state index < -0.39 is 15.4 Å². The molecule has 1 aliphatic rings. The molecule has 1 fully saturated rings. The zero-order valence-electron chi connectivity index (χ0n) is 12.0. The van der Waals surface area contributed by atoms with E-state index in [9.17, 15) is 13.2 Å². The van der Waals surface area contributed by atoms with E-state index in [0.29, 0.717) is 18.5 Å². The van der Waals surface area contributed by atoms with Crippen LogP contribution < -0.4 is 5.32 Å². The first-order chi connectivity index (χ1) is 9.83. The first-order valence-electron chi connectivity index (χ1n) is 6.56. The van der Waals surface area contributed by atoms with Gasteiger partial charge in [0.1, 0.15) is 0 Å². The quantitative estimate of drug-likeness (QED) is 0.890. The van der Waals surface area contributed by atoms with Crippen molar-refractivity contribution in [2.75, 3.05) is 20.1 Å². The first-order valence-corrected chi connectivity index (χ1v) is 8.00. The Morgan fingerprint density at radius 3 is 2.52 bits per heavy atom. The molecule has 1 N–H and O–H groups in total. The minimum absolute atomic E-state index is 0.141. The van der Waals surface area contributed by atoms with Gasteiger partial charge in [-0.2, -0.15) is 9.57 Å². The highest BCUT2D eigenvalue weighted by atomic mass is 32.2. The summed E-state index contributed by atoms with van der Waals surface area (Å²) in [6.07, 6.45) is 0.488. The van der Waals surface area contributed by atoms with Crippen LogP contribution in [0.25, 0.3) is 0 Å². The average molecular weight is 307 g/mol. The minimum Gasteiger partial charge on any atom is -0.359 e. The Morgan fingerprint density at radius 1 is 1.38 bits per heavy atom. The third-order valence-electron chi connectivity index (χ3n) is 3.83. The fraction of sp³-hybridized carbons (Fsp3) is 0.429. The van der Waals surface area contributed by atoms with Crippen LogP contribution in [0.2, 0.25) is 0 Å². The Labute approximate surface area is 124 Å². The predicted octanol–water partition coefficient (Wildman–Crippen LogP) is 0.705. The molecule has 0 aromatic heterocycles. The molecule has 1 atom stereocenters. The molecule has 1 aromatic carbocycles. The van der Waals surface area contributed by atoms with Gasteiger partial charge in [0, 0.05) is 20.1 Å². The van der Waals surface area contributed by atoms with Gasteiger partial charge in [0.25, 0.3) is 0 Å². The standard InChI is InChI=1S/C14H17N3O3S/c1-14(13(18)16-2)7-8-17(10-14)21(19,20)12-5-3-11(9-15)4-6-12/h3-6H,7-8,10H2,1-2H3,(H,16,18). The molecular weight excluding hydrogens is 290 g/mol.